The summed E-state index contributed by atoms with van der Waals surface area (Å²) in [6, 6.07) is 9.97. The Bertz CT molecular complexity index is 996. The van der Waals surface area contributed by atoms with Gasteiger partial charge in [-0.2, -0.15) is 5.10 Å². The molecule has 0 aliphatic carbocycles. The van der Waals surface area contributed by atoms with Gasteiger partial charge in [0.25, 0.3) is 5.91 Å². The Hall–Kier alpha value is -1.99. The summed E-state index contributed by atoms with van der Waals surface area (Å²) in [5, 5.41) is 4.34. The maximum absolute atomic E-state index is 12.7. The number of carbonyl (C=O) groups is 1. The zero-order valence-corrected chi connectivity index (χ0v) is 16.4. The fourth-order valence-corrected chi connectivity index (χ4v) is 3.62. The molecule has 2 aromatic heterocycles. The predicted octanol–water partition coefficient (Wildman–Crippen LogP) is 4.18. The van der Waals surface area contributed by atoms with E-state index in [1.807, 2.05) is 17.0 Å². The molecule has 0 unspecified atom stereocenters. The molecule has 3 aromatic rings. The predicted molar refractivity (Wildman–Crippen MR) is 103 cm³/mol. The molecule has 0 atom stereocenters. The monoisotopic (exact) mass is 460 g/mol. The molecule has 126 valence electrons. The van der Waals surface area contributed by atoms with Crippen molar-refractivity contribution in [2.75, 3.05) is 13.1 Å². The van der Waals surface area contributed by atoms with Crippen molar-refractivity contribution >= 4 is 49.0 Å². The van der Waals surface area contributed by atoms with Crippen LogP contribution in [0.1, 0.15) is 22.5 Å². The molecule has 25 heavy (non-hydrogen) atoms. The van der Waals surface area contributed by atoms with Crippen LogP contribution in [0.4, 0.5) is 0 Å². The van der Waals surface area contributed by atoms with E-state index in [4.69, 9.17) is 0 Å². The largest absolute Gasteiger partial charge is 0.333 e. The summed E-state index contributed by atoms with van der Waals surface area (Å²) in [6.45, 7) is 1.27. The van der Waals surface area contributed by atoms with Gasteiger partial charge in [0, 0.05) is 36.0 Å². The molecule has 0 N–H and O–H groups in total. The summed E-state index contributed by atoms with van der Waals surface area (Å²) < 4.78 is 3.50. The zero-order chi connectivity index (χ0) is 17.4. The Morgan fingerprint density at radius 3 is 2.80 bits per heavy atom. The zero-order valence-electron chi connectivity index (χ0n) is 13.2. The number of aromatic nitrogens is 3. The second-order valence-electron chi connectivity index (χ2n) is 5.85. The standard InChI is InChI=1S/C18H14Br2N4O/c19-14-3-1-2-13(8-14)12-4-6-23(7-5-12)18(25)16-9-17-21-10-15(20)11-24(17)22-16/h1-4,8-11H,5-7H2. The Balaban J connectivity index is 1.53. The van der Waals surface area contributed by atoms with Gasteiger partial charge in [0.2, 0.25) is 0 Å². The van der Waals surface area contributed by atoms with Crippen LogP contribution in [0.25, 0.3) is 11.2 Å². The van der Waals surface area contributed by atoms with E-state index in [0.29, 0.717) is 24.4 Å². The molecule has 3 heterocycles. The molecule has 1 aliphatic heterocycles. The number of benzene rings is 1. The fraction of sp³-hybridized carbons (Fsp3) is 0.167. The van der Waals surface area contributed by atoms with E-state index in [9.17, 15) is 4.79 Å². The first-order chi connectivity index (χ1) is 12.1. The van der Waals surface area contributed by atoms with Crippen LogP contribution in [0.2, 0.25) is 0 Å². The first-order valence-electron chi connectivity index (χ1n) is 7.85. The van der Waals surface area contributed by atoms with Crippen LogP contribution in [-0.4, -0.2) is 38.5 Å². The topological polar surface area (TPSA) is 50.5 Å². The minimum Gasteiger partial charge on any atom is -0.333 e. The molecule has 0 saturated carbocycles. The van der Waals surface area contributed by atoms with Crippen LogP contribution >= 0.6 is 31.9 Å². The van der Waals surface area contributed by atoms with Gasteiger partial charge in [0.1, 0.15) is 0 Å². The number of carbonyl (C=O) groups excluding carboxylic acids is 1. The lowest BCUT2D eigenvalue weighted by Gasteiger charge is -2.26. The van der Waals surface area contributed by atoms with E-state index in [1.165, 1.54) is 11.1 Å². The van der Waals surface area contributed by atoms with Crippen molar-refractivity contribution in [2.24, 2.45) is 0 Å². The molecule has 1 aliphatic rings. The van der Waals surface area contributed by atoms with E-state index in [-0.39, 0.29) is 5.91 Å². The highest BCUT2D eigenvalue weighted by Gasteiger charge is 2.22. The van der Waals surface area contributed by atoms with Crippen molar-refractivity contribution in [3.05, 3.63) is 69.0 Å². The van der Waals surface area contributed by atoms with Crippen LogP contribution in [-0.2, 0) is 0 Å². The van der Waals surface area contributed by atoms with Crippen molar-refractivity contribution in [1.82, 2.24) is 19.5 Å². The molecule has 0 bridgehead atoms. The van der Waals surface area contributed by atoms with Gasteiger partial charge in [-0.15, -0.1) is 0 Å². The van der Waals surface area contributed by atoms with E-state index in [2.05, 4.69) is 60.2 Å². The number of hydrogen-bond donors (Lipinski definition) is 0. The Morgan fingerprint density at radius 2 is 2.04 bits per heavy atom. The number of nitrogens with zero attached hydrogens (tertiary/aromatic N) is 4. The number of halogens is 2. The molecule has 7 heteroatoms. The second kappa shape index (κ2) is 6.72. The molecular weight excluding hydrogens is 448 g/mol. The lowest BCUT2D eigenvalue weighted by atomic mass is 9.99. The highest BCUT2D eigenvalue weighted by molar-refractivity contribution is 9.10. The fourth-order valence-electron chi connectivity index (χ4n) is 2.92. The van der Waals surface area contributed by atoms with Crippen LogP contribution < -0.4 is 0 Å². The van der Waals surface area contributed by atoms with Crippen LogP contribution in [0, 0.1) is 0 Å². The van der Waals surface area contributed by atoms with Crippen LogP contribution in [0.5, 0.6) is 0 Å². The van der Waals surface area contributed by atoms with Gasteiger partial charge >= 0.3 is 0 Å². The Labute approximate surface area is 161 Å². The van der Waals surface area contributed by atoms with E-state index in [1.54, 1.807) is 23.0 Å². The molecule has 5 nitrogen and oxygen atoms in total. The van der Waals surface area contributed by atoms with Crippen molar-refractivity contribution in [2.45, 2.75) is 6.42 Å². The summed E-state index contributed by atoms with van der Waals surface area (Å²) in [5.41, 5.74) is 3.55. The smallest absolute Gasteiger partial charge is 0.274 e. The van der Waals surface area contributed by atoms with Gasteiger partial charge in [0.15, 0.2) is 11.3 Å². The number of hydrogen-bond acceptors (Lipinski definition) is 3. The van der Waals surface area contributed by atoms with Crippen molar-refractivity contribution < 1.29 is 4.79 Å². The summed E-state index contributed by atoms with van der Waals surface area (Å²) in [5.74, 6) is -0.0637. The number of fused-ring (bicyclic) bond motifs is 1. The minimum absolute atomic E-state index is 0.0637. The maximum atomic E-state index is 12.7. The summed E-state index contributed by atoms with van der Waals surface area (Å²) in [4.78, 5) is 18.8. The van der Waals surface area contributed by atoms with Crippen molar-refractivity contribution in [3.63, 3.8) is 0 Å². The van der Waals surface area contributed by atoms with Gasteiger partial charge in [-0.3, -0.25) is 4.79 Å². The third kappa shape index (κ3) is 3.39. The van der Waals surface area contributed by atoms with Gasteiger partial charge in [-0.25, -0.2) is 9.50 Å². The van der Waals surface area contributed by atoms with Crippen LogP contribution in [0.3, 0.4) is 0 Å². The average molecular weight is 462 g/mol. The summed E-state index contributed by atoms with van der Waals surface area (Å²) >= 11 is 6.86. The molecule has 0 spiro atoms. The first kappa shape index (κ1) is 16.5. The third-order valence-corrected chi connectivity index (χ3v) is 5.10. The van der Waals surface area contributed by atoms with Crippen LogP contribution in [0.15, 0.2) is 57.7 Å². The number of rotatable bonds is 2. The molecule has 4 rings (SSSR count). The van der Waals surface area contributed by atoms with Gasteiger partial charge in [-0.05, 0) is 45.6 Å². The highest BCUT2D eigenvalue weighted by Crippen LogP contribution is 2.25. The molecule has 0 radical (unpaired) electrons. The normalized spacial score (nSPS) is 14.6. The maximum Gasteiger partial charge on any atom is 0.274 e. The van der Waals surface area contributed by atoms with E-state index < -0.39 is 0 Å². The number of amides is 1. The SMILES string of the molecule is O=C(c1cc2ncc(Br)cn2n1)N1CC=C(c2cccc(Br)c2)CC1. The molecule has 1 aromatic carbocycles. The quantitative estimate of drug-likeness (QED) is 0.575. The van der Waals surface area contributed by atoms with Crippen molar-refractivity contribution in [3.8, 4) is 0 Å². The summed E-state index contributed by atoms with van der Waals surface area (Å²) in [6.07, 6.45) is 6.44. The minimum atomic E-state index is -0.0637. The summed E-state index contributed by atoms with van der Waals surface area (Å²) in [7, 11) is 0. The van der Waals surface area contributed by atoms with E-state index >= 15 is 0 Å². The lowest BCUT2D eigenvalue weighted by molar-refractivity contribution is 0.0766. The van der Waals surface area contributed by atoms with Gasteiger partial charge in [-0.1, -0.05) is 34.1 Å². The second-order valence-corrected chi connectivity index (χ2v) is 7.68. The molecule has 0 saturated heterocycles. The highest BCUT2D eigenvalue weighted by atomic mass is 79.9. The third-order valence-electron chi connectivity index (χ3n) is 4.19. The Kier molecular flexibility index (Phi) is 4.43. The van der Waals surface area contributed by atoms with Gasteiger partial charge < -0.3 is 4.90 Å². The first-order valence-corrected chi connectivity index (χ1v) is 9.44. The lowest BCUT2D eigenvalue weighted by Crippen LogP contribution is -2.34. The average Bonchev–Trinajstić information content (AvgIpc) is 3.04. The van der Waals surface area contributed by atoms with E-state index in [0.717, 1.165) is 15.4 Å². The molecular formula is C18H14Br2N4O. The van der Waals surface area contributed by atoms with Crippen molar-refractivity contribution in [1.29, 1.82) is 0 Å². The molecule has 1 amide bonds. The Morgan fingerprint density at radius 1 is 1.16 bits per heavy atom. The molecule has 0 fully saturated rings. The van der Waals surface area contributed by atoms with Gasteiger partial charge in [0.05, 0.1) is 4.47 Å².